The van der Waals surface area contributed by atoms with E-state index in [0.717, 1.165) is 12.0 Å². The third-order valence-electron chi connectivity index (χ3n) is 2.88. The summed E-state index contributed by atoms with van der Waals surface area (Å²) in [6.45, 7) is 2.04. The molecule has 1 aromatic carbocycles. The van der Waals surface area contributed by atoms with Gasteiger partial charge in [0.15, 0.2) is 0 Å². The van der Waals surface area contributed by atoms with E-state index in [2.05, 4.69) is 0 Å². The lowest BCUT2D eigenvalue weighted by molar-refractivity contribution is 0.171. The minimum Gasteiger partial charge on any atom is -0.483 e. The first-order valence-electron chi connectivity index (χ1n) is 6.01. The maximum Gasteiger partial charge on any atom is 0.140 e. The zero-order valence-electron chi connectivity index (χ0n) is 10.5. The number of thiophene rings is 1. The molecule has 2 unspecified atom stereocenters. The minimum atomic E-state index is -0.199. The fourth-order valence-corrected chi connectivity index (χ4v) is 2.90. The summed E-state index contributed by atoms with van der Waals surface area (Å²) in [5.41, 5.74) is 7.22. The molecule has 0 aliphatic rings. The highest BCUT2D eigenvalue weighted by Gasteiger charge is 2.22. The van der Waals surface area contributed by atoms with Crippen LogP contribution >= 0.6 is 34.5 Å². The molecule has 5 heteroatoms. The number of halogens is 2. The molecular weight excluding hydrogens is 301 g/mol. The Labute approximate surface area is 127 Å². The molecule has 0 radical (unpaired) electrons. The van der Waals surface area contributed by atoms with Crippen molar-refractivity contribution in [3.63, 3.8) is 0 Å². The summed E-state index contributed by atoms with van der Waals surface area (Å²) in [7, 11) is 0. The Balaban J connectivity index is 2.25. The lowest BCUT2D eigenvalue weighted by Crippen LogP contribution is -2.31. The van der Waals surface area contributed by atoms with Crippen molar-refractivity contribution < 1.29 is 4.74 Å². The lowest BCUT2D eigenvalue weighted by atomic mass is 10.0. The van der Waals surface area contributed by atoms with Gasteiger partial charge in [-0.2, -0.15) is 11.3 Å². The van der Waals surface area contributed by atoms with Crippen molar-refractivity contribution in [1.82, 2.24) is 0 Å². The van der Waals surface area contributed by atoms with Crippen LogP contribution in [0.25, 0.3) is 0 Å². The summed E-state index contributed by atoms with van der Waals surface area (Å²) in [4.78, 5) is 0. The summed E-state index contributed by atoms with van der Waals surface area (Å²) >= 11 is 13.6. The largest absolute Gasteiger partial charge is 0.483 e. The molecule has 102 valence electrons. The van der Waals surface area contributed by atoms with Crippen LogP contribution in [0, 0.1) is 0 Å². The van der Waals surface area contributed by atoms with Crippen molar-refractivity contribution in [2.24, 2.45) is 5.73 Å². The van der Waals surface area contributed by atoms with Crippen LogP contribution in [0.3, 0.4) is 0 Å². The van der Waals surface area contributed by atoms with Crippen LogP contribution in [0.4, 0.5) is 0 Å². The van der Waals surface area contributed by atoms with Gasteiger partial charge < -0.3 is 10.5 Å². The van der Waals surface area contributed by atoms with Crippen LogP contribution < -0.4 is 10.5 Å². The van der Waals surface area contributed by atoms with Crippen LogP contribution in [0.2, 0.25) is 10.0 Å². The number of hydrogen-bond donors (Lipinski definition) is 1. The van der Waals surface area contributed by atoms with Gasteiger partial charge in [0.2, 0.25) is 0 Å². The van der Waals surface area contributed by atoms with E-state index in [1.807, 2.05) is 23.8 Å². The standard InChI is InChI=1S/C14H15Cl2NOS/c1-2-12(17)14(9-5-6-19-8-9)18-13-4-3-10(15)7-11(13)16/h3-8,12,14H,2,17H2,1H3. The highest BCUT2D eigenvalue weighted by atomic mass is 35.5. The number of ether oxygens (including phenoxy) is 1. The van der Waals surface area contributed by atoms with Crippen molar-refractivity contribution in [3.8, 4) is 5.75 Å². The molecule has 0 aliphatic carbocycles. The highest BCUT2D eigenvalue weighted by Crippen LogP contribution is 2.33. The molecule has 0 spiro atoms. The molecule has 0 amide bonds. The van der Waals surface area contributed by atoms with E-state index < -0.39 is 0 Å². The molecule has 2 nitrogen and oxygen atoms in total. The van der Waals surface area contributed by atoms with Crippen LogP contribution in [-0.4, -0.2) is 6.04 Å². The Morgan fingerprint density at radius 2 is 2.11 bits per heavy atom. The second-order valence-electron chi connectivity index (χ2n) is 4.24. The average Bonchev–Trinajstić information content (AvgIpc) is 2.91. The second kappa shape index (κ2) is 6.62. The lowest BCUT2D eigenvalue weighted by Gasteiger charge is -2.24. The molecule has 2 atom stereocenters. The molecule has 0 aliphatic heterocycles. The normalized spacial score (nSPS) is 14.1. The average molecular weight is 316 g/mol. The van der Waals surface area contributed by atoms with Crippen molar-refractivity contribution in [2.45, 2.75) is 25.5 Å². The van der Waals surface area contributed by atoms with Gasteiger partial charge in [-0.3, -0.25) is 0 Å². The molecule has 1 heterocycles. The fourth-order valence-electron chi connectivity index (χ4n) is 1.76. The van der Waals surface area contributed by atoms with Gasteiger partial charge in [0, 0.05) is 16.6 Å². The first-order chi connectivity index (χ1) is 9.11. The van der Waals surface area contributed by atoms with Crippen LogP contribution in [0.5, 0.6) is 5.75 Å². The van der Waals surface area contributed by atoms with E-state index in [1.165, 1.54) is 0 Å². The third kappa shape index (κ3) is 3.63. The summed E-state index contributed by atoms with van der Waals surface area (Å²) in [6, 6.07) is 7.13. The van der Waals surface area contributed by atoms with Crippen LogP contribution in [0.1, 0.15) is 25.0 Å². The van der Waals surface area contributed by atoms with Gasteiger partial charge in [-0.25, -0.2) is 0 Å². The topological polar surface area (TPSA) is 35.2 Å². The zero-order chi connectivity index (χ0) is 13.8. The van der Waals surface area contributed by atoms with Gasteiger partial charge in [-0.05, 0) is 41.4 Å². The Hall–Kier alpha value is -0.740. The molecule has 2 N–H and O–H groups in total. The van der Waals surface area contributed by atoms with Crippen molar-refractivity contribution in [2.75, 3.05) is 0 Å². The van der Waals surface area contributed by atoms with E-state index in [-0.39, 0.29) is 12.1 Å². The number of benzene rings is 1. The van der Waals surface area contributed by atoms with E-state index in [9.17, 15) is 0 Å². The van der Waals surface area contributed by atoms with Gasteiger partial charge in [-0.1, -0.05) is 30.1 Å². The van der Waals surface area contributed by atoms with E-state index in [0.29, 0.717) is 15.8 Å². The van der Waals surface area contributed by atoms with Crippen molar-refractivity contribution >= 4 is 34.5 Å². The van der Waals surface area contributed by atoms with Crippen molar-refractivity contribution in [1.29, 1.82) is 0 Å². The molecule has 0 saturated carbocycles. The molecule has 0 fully saturated rings. The molecule has 2 rings (SSSR count). The van der Waals surface area contributed by atoms with Crippen molar-refractivity contribution in [3.05, 3.63) is 50.6 Å². The maximum absolute atomic E-state index is 6.15. The summed E-state index contributed by atoms with van der Waals surface area (Å²) in [6.07, 6.45) is 0.626. The Bertz CT molecular complexity index is 530. The van der Waals surface area contributed by atoms with Gasteiger partial charge >= 0.3 is 0 Å². The Morgan fingerprint density at radius 1 is 1.32 bits per heavy atom. The molecular formula is C14H15Cl2NOS. The van der Waals surface area contributed by atoms with E-state index >= 15 is 0 Å². The summed E-state index contributed by atoms with van der Waals surface area (Å²) in [5.74, 6) is 0.603. The van der Waals surface area contributed by atoms with Crippen LogP contribution in [0.15, 0.2) is 35.0 Å². The molecule has 2 aromatic rings. The van der Waals surface area contributed by atoms with E-state index in [1.54, 1.807) is 29.5 Å². The molecule has 0 saturated heterocycles. The Kier molecular flexibility index (Phi) is 5.11. The second-order valence-corrected chi connectivity index (χ2v) is 5.87. The molecule has 19 heavy (non-hydrogen) atoms. The number of hydrogen-bond acceptors (Lipinski definition) is 3. The fraction of sp³-hybridized carbons (Fsp3) is 0.286. The molecule has 1 aromatic heterocycles. The van der Waals surface area contributed by atoms with Gasteiger partial charge in [0.25, 0.3) is 0 Å². The quantitative estimate of drug-likeness (QED) is 0.850. The zero-order valence-corrected chi connectivity index (χ0v) is 12.8. The molecule has 0 bridgehead atoms. The monoisotopic (exact) mass is 315 g/mol. The summed E-state index contributed by atoms with van der Waals surface area (Å²) in [5, 5.41) is 5.14. The first kappa shape index (κ1) is 14.7. The third-order valence-corrected chi connectivity index (χ3v) is 4.11. The van der Waals surface area contributed by atoms with E-state index in [4.69, 9.17) is 33.7 Å². The minimum absolute atomic E-state index is 0.0821. The predicted molar refractivity (Wildman–Crippen MR) is 82.4 cm³/mol. The number of nitrogens with two attached hydrogens (primary N) is 1. The van der Waals surface area contributed by atoms with Gasteiger partial charge in [0.05, 0.1) is 5.02 Å². The van der Waals surface area contributed by atoms with Gasteiger partial charge in [0.1, 0.15) is 11.9 Å². The predicted octanol–water partition coefficient (Wildman–Crippen LogP) is 4.91. The summed E-state index contributed by atoms with van der Waals surface area (Å²) < 4.78 is 5.99. The highest BCUT2D eigenvalue weighted by molar-refractivity contribution is 7.07. The smallest absolute Gasteiger partial charge is 0.140 e. The maximum atomic E-state index is 6.15. The van der Waals surface area contributed by atoms with Gasteiger partial charge in [-0.15, -0.1) is 0 Å². The Morgan fingerprint density at radius 3 is 2.68 bits per heavy atom. The number of rotatable bonds is 5. The first-order valence-corrected chi connectivity index (χ1v) is 7.71. The van der Waals surface area contributed by atoms with Crippen LogP contribution in [-0.2, 0) is 0 Å². The SMILES string of the molecule is CCC(N)C(Oc1ccc(Cl)cc1Cl)c1ccsc1.